The van der Waals surface area contributed by atoms with Crippen molar-refractivity contribution in [3.8, 4) is 5.75 Å². The number of phenols is 1. The molecule has 0 bridgehead atoms. The van der Waals surface area contributed by atoms with Crippen LogP contribution < -0.4 is 11.1 Å². The quantitative estimate of drug-likeness (QED) is 0.187. The number of aromatic hydroxyl groups is 1. The minimum atomic E-state index is -0.149. The molecule has 8 aromatic carbocycles. The number of carbonyl (C=O) groups is 1. The largest absolute Gasteiger partial charge is 0.508 e. The molecular weight excluding hydrogens is 540 g/mol. The van der Waals surface area contributed by atoms with E-state index in [0.29, 0.717) is 18.7 Å². The molecular formula is C37H27ClN2O2. The summed E-state index contributed by atoms with van der Waals surface area (Å²) in [6.45, 7) is 0.758. The predicted octanol–water partition coefficient (Wildman–Crippen LogP) is 8.57. The van der Waals surface area contributed by atoms with Crippen molar-refractivity contribution in [1.29, 1.82) is 0 Å². The maximum atomic E-state index is 13.6. The molecule has 1 amide bonds. The van der Waals surface area contributed by atoms with Crippen molar-refractivity contribution in [3.63, 3.8) is 0 Å². The first-order valence-electron chi connectivity index (χ1n) is 13.9. The normalized spacial score (nSPS) is 11.6. The summed E-state index contributed by atoms with van der Waals surface area (Å²) < 4.78 is 0. The summed E-state index contributed by atoms with van der Waals surface area (Å²) >= 11 is 0. The number of fused-ring (bicyclic) bond motifs is 7. The van der Waals surface area contributed by atoms with Crippen LogP contribution in [0.3, 0.4) is 0 Å². The Kier molecular flexibility index (Phi) is 6.12. The molecule has 8 aromatic rings. The van der Waals surface area contributed by atoms with Crippen molar-refractivity contribution in [2.24, 2.45) is 5.73 Å². The standard InChI is InChI=1S/C37H26N2O2.ClH/c38-7-8-39-37(41)36-34-19-29-15-27-13-25-10-22-4-2-1-3-21(22)9-24(25)12-26(27)14-28(29)16-32(34)17-31-11-23-5-6-33(40)18-30(23)20-35(31)36;/h1-6,9-20,40H,7-8,38H2,(H,39,41);1H. The maximum absolute atomic E-state index is 13.6. The van der Waals surface area contributed by atoms with Crippen LogP contribution in [-0.2, 0) is 0 Å². The number of halogens is 1. The lowest BCUT2D eigenvalue weighted by atomic mass is 9.91. The molecule has 0 aliphatic rings. The summed E-state index contributed by atoms with van der Waals surface area (Å²) in [5, 5.41) is 28.2. The van der Waals surface area contributed by atoms with Gasteiger partial charge in [-0.3, -0.25) is 4.79 Å². The Morgan fingerprint density at radius 1 is 0.548 bits per heavy atom. The van der Waals surface area contributed by atoms with Crippen LogP contribution in [0.15, 0.2) is 109 Å². The summed E-state index contributed by atoms with van der Waals surface area (Å²) in [6, 6.07) is 37.9. The van der Waals surface area contributed by atoms with Crippen molar-refractivity contribution < 1.29 is 9.90 Å². The van der Waals surface area contributed by atoms with Gasteiger partial charge in [0, 0.05) is 13.1 Å². The van der Waals surface area contributed by atoms with Gasteiger partial charge in [-0.15, -0.1) is 12.4 Å². The van der Waals surface area contributed by atoms with E-state index >= 15 is 0 Å². The number of rotatable bonds is 3. The molecule has 4 nitrogen and oxygen atoms in total. The minimum Gasteiger partial charge on any atom is -0.508 e. The molecule has 0 spiro atoms. The molecule has 0 atom stereocenters. The van der Waals surface area contributed by atoms with Gasteiger partial charge in [0.2, 0.25) is 0 Å². The van der Waals surface area contributed by atoms with Crippen LogP contribution in [0.5, 0.6) is 5.75 Å². The molecule has 0 aliphatic heterocycles. The zero-order chi connectivity index (χ0) is 27.7. The van der Waals surface area contributed by atoms with E-state index in [1.165, 1.54) is 26.9 Å². The molecule has 0 unspecified atom stereocenters. The van der Waals surface area contributed by atoms with Gasteiger partial charge in [0.25, 0.3) is 5.91 Å². The van der Waals surface area contributed by atoms with Crippen LogP contribution in [0.25, 0.3) is 75.4 Å². The molecule has 0 aromatic heterocycles. The highest BCUT2D eigenvalue weighted by Gasteiger charge is 2.17. The van der Waals surface area contributed by atoms with E-state index in [1.54, 1.807) is 12.1 Å². The molecule has 0 aliphatic carbocycles. The highest BCUT2D eigenvalue weighted by atomic mass is 35.5. The van der Waals surface area contributed by atoms with Crippen molar-refractivity contribution in [2.75, 3.05) is 13.1 Å². The Morgan fingerprint density at radius 2 is 0.952 bits per heavy atom. The van der Waals surface area contributed by atoms with Crippen molar-refractivity contribution in [3.05, 3.63) is 115 Å². The zero-order valence-corrected chi connectivity index (χ0v) is 23.5. The second kappa shape index (κ2) is 9.88. The highest BCUT2D eigenvalue weighted by molar-refractivity contribution is 6.22. The topological polar surface area (TPSA) is 75.3 Å². The summed E-state index contributed by atoms with van der Waals surface area (Å²) in [5.41, 5.74) is 6.35. The number of hydrogen-bond donors (Lipinski definition) is 3. The summed E-state index contributed by atoms with van der Waals surface area (Å²) in [5.74, 6) is 0.0498. The van der Waals surface area contributed by atoms with Gasteiger partial charge in [0.15, 0.2) is 0 Å². The van der Waals surface area contributed by atoms with Gasteiger partial charge in [0.1, 0.15) is 5.75 Å². The molecule has 5 heteroatoms. The van der Waals surface area contributed by atoms with Gasteiger partial charge < -0.3 is 16.2 Å². The third-order valence-corrected chi connectivity index (χ3v) is 8.28. The summed E-state index contributed by atoms with van der Waals surface area (Å²) in [6.07, 6.45) is 0. The first-order chi connectivity index (χ1) is 20.0. The fraction of sp³-hybridized carbons (Fsp3) is 0.0541. The molecule has 0 radical (unpaired) electrons. The number of amides is 1. The molecule has 204 valence electrons. The fourth-order valence-electron chi connectivity index (χ4n) is 6.32. The maximum Gasteiger partial charge on any atom is 0.252 e. The van der Waals surface area contributed by atoms with Gasteiger partial charge in [0.05, 0.1) is 5.56 Å². The average Bonchev–Trinajstić information content (AvgIpc) is 2.97. The number of nitrogens with two attached hydrogens (primary N) is 1. The number of carbonyl (C=O) groups excluding carboxylic acids is 1. The Bertz CT molecular complexity index is 2400. The van der Waals surface area contributed by atoms with E-state index in [-0.39, 0.29) is 24.1 Å². The van der Waals surface area contributed by atoms with Crippen LogP contribution in [0.1, 0.15) is 10.4 Å². The molecule has 4 N–H and O–H groups in total. The van der Waals surface area contributed by atoms with Gasteiger partial charge in [-0.25, -0.2) is 0 Å². The van der Waals surface area contributed by atoms with E-state index < -0.39 is 0 Å². The Balaban J connectivity index is 0.00000288. The number of nitrogens with one attached hydrogen (secondary N) is 1. The SMILES string of the molecule is Cl.NCCNC(=O)c1c2cc3cc(O)ccc3cc2cc2cc3cc4cc5cc6ccccc6cc5cc4cc3cc12. The number of phenolic OH excluding ortho intramolecular Hbond substituents is 1. The molecule has 0 fully saturated rings. The molecule has 8 rings (SSSR count). The lowest BCUT2D eigenvalue weighted by Crippen LogP contribution is -2.29. The van der Waals surface area contributed by atoms with E-state index in [2.05, 4.69) is 90.2 Å². The van der Waals surface area contributed by atoms with Crippen LogP contribution in [-0.4, -0.2) is 24.1 Å². The van der Waals surface area contributed by atoms with Gasteiger partial charge >= 0.3 is 0 Å². The van der Waals surface area contributed by atoms with E-state index in [0.717, 1.165) is 48.5 Å². The predicted molar refractivity (Wildman–Crippen MR) is 179 cm³/mol. The van der Waals surface area contributed by atoms with E-state index in [4.69, 9.17) is 5.73 Å². The highest BCUT2D eigenvalue weighted by Crippen LogP contribution is 2.37. The summed E-state index contributed by atoms with van der Waals surface area (Å²) in [4.78, 5) is 13.6. The smallest absolute Gasteiger partial charge is 0.252 e. The van der Waals surface area contributed by atoms with Gasteiger partial charge in [-0.1, -0.05) is 30.3 Å². The first-order valence-corrected chi connectivity index (χ1v) is 13.9. The number of benzene rings is 8. The Labute approximate surface area is 247 Å². The van der Waals surface area contributed by atoms with Crippen LogP contribution in [0.4, 0.5) is 0 Å². The monoisotopic (exact) mass is 566 g/mol. The second-order valence-electron chi connectivity index (χ2n) is 10.9. The Morgan fingerprint density at radius 3 is 1.50 bits per heavy atom. The lowest BCUT2D eigenvalue weighted by molar-refractivity contribution is 0.0958. The van der Waals surface area contributed by atoms with E-state index in [1.807, 2.05) is 12.1 Å². The van der Waals surface area contributed by atoms with Gasteiger partial charge in [-0.05, 0) is 154 Å². The molecule has 0 saturated heterocycles. The van der Waals surface area contributed by atoms with Crippen molar-refractivity contribution >= 4 is 93.7 Å². The minimum absolute atomic E-state index is 0. The lowest BCUT2D eigenvalue weighted by Gasteiger charge is -2.15. The van der Waals surface area contributed by atoms with E-state index in [9.17, 15) is 9.90 Å². The first kappa shape index (κ1) is 26.0. The van der Waals surface area contributed by atoms with Crippen LogP contribution in [0, 0.1) is 0 Å². The van der Waals surface area contributed by atoms with Crippen molar-refractivity contribution in [1.82, 2.24) is 5.32 Å². The summed E-state index contributed by atoms with van der Waals surface area (Å²) in [7, 11) is 0. The third-order valence-electron chi connectivity index (χ3n) is 8.28. The number of hydrogen-bond acceptors (Lipinski definition) is 3. The third kappa shape index (κ3) is 4.16. The van der Waals surface area contributed by atoms with Crippen LogP contribution in [0.2, 0.25) is 0 Å². The van der Waals surface area contributed by atoms with Crippen molar-refractivity contribution in [2.45, 2.75) is 0 Å². The van der Waals surface area contributed by atoms with Crippen LogP contribution >= 0.6 is 12.4 Å². The molecule has 0 saturated carbocycles. The fourth-order valence-corrected chi connectivity index (χ4v) is 6.32. The average molecular weight is 567 g/mol. The second-order valence-corrected chi connectivity index (χ2v) is 10.9. The Hall–Kier alpha value is -4.90. The zero-order valence-electron chi connectivity index (χ0n) is 22.6. The molecule has 0 heterocycles. The molecule has 42 heavy (non-hydrogen) atoms. The van der Waals surface area contributed by atoms with Gasteiger partial charge in [-0.2, -0.15) is 0 Å².